The first-order chi connectivity index (χ1) is 9.36. The summed E-state index contributed by atoms with van der Waals surface area (Å²) < 4.78 is 0. The van der Waals surface area contributed by atoms with Gasteiger partial charge in [-0.05, 0) is 41.2 Å². The number of rotatable bonds is 7. The minimum atomic E-state index is 1.07. The van der Waals surface area contributed by atoms with Crippen LogP contribution < -0.4 is 0 Å². The second kappa shape index (κ2) is 7.33. The van der Waals surface area contributed by atoms with Crippen LogP contribution in [0.1, 0.15) is 50.2 Å². The molecule has 2 rings (SSSR count). The smallest absolute Gasteiger partial charge is 0.0149 e. The van der Waals surface area contributed by atoms with Crippen LogP contribution in [0.25, 0.3) is 10.8 Å². The lowest BCUT2D eigenvalue weighted by atomic mass is 9.94. The molecule has 1 radical (unpaired) electrons. The Kier molecular flexibility index (Phi) is 5.44. The monoisotopic (exact) mass is 253 g/mol. The van der Waals surface area contributed by atoms with E-state index in [4.69, 9.17) is 0 Å². The van der Waals surface area contributed by atoms with E-state index >= 15 is 0 Å². The molecule has 0 bridgehead atoms. The van der Waals surface area contributed by atoms with Gasteiger partial charge in [-0.1, -0.05) is 75.9 Å². The molecule has 0 amide bonds. The SMILES string of the molecule is [CH2]CCCCCc1ccc(CCC)c2ccccc12. The van der Waals surface area contributed by atoms with Gasteiger partial charge in [0.2, 0.25) is 0 Å². The average molecular weight is 253 g/mol. The van der Waals surface area contributed by atoms with E-state index < -0.39 is 0 Å². The van der Waals surface area contributed by atoms with Gasteiger partial charge >= 0.3 is 0 Å². The van der Waals surface area contributed by atoms with E-state index in [0.717, 1.165) is 6.42 Å². The van der Waals surface area contributed by atoms with Crippen molar-refractivity contribution in [2.24, 2.45) is 0 Å². The lowest BCUT2D eigenvalue weighted by molar-refractivity contribution is 0.687. The predicted molar refractivity (Wildman–Crippen MR) is 85.5 cm³/mol. The maximum atomic E-state index is 3.91. The van der Waals surface area contributed by atoms with Gasteiger partial charge in [0, 0.05) is 0 Å². The van der Waals surface area contributed by atoms with Gasteiger partial charge in [0.05, 0.1) is 0 Å². The molecule has 0 N–H and O–H groups in total. The summed E-state index contributed by atoms with van der Waals surface area (Å²) >= 11 is 0. The summed E-state index contributed by atoms with van der Waals surface area (Å²) in [6.07, 6.45) is 8.51. The fraction of sp³-hybridized carbons (Fsp3) is 0.421. The molecule has 0 aromatic heterocycles. The zero-order valence-corrected chi connectivity index (χ0v) is 12.1. The standard InChI is InChI=1S/C19H25/c1-3-5-6-7-11-17-15-14-16(10-4-2)18-12-8-9-13-19(17)18/h8-9,12-15H,1,3-7,10-11H2,2H3. The van der Waals surface area contributed by atoms with E-state index in [1.807, 2.05) is 0 Å². The quantitative estimate of drug-likeness (QED) is 0.553. The molecule has 0 heteroatoms. The molecule has 0 saturated carbocycles. The maximum Gasteiger partial charge on any atom is -0.0149 e. The van der Waals surface area contributed by atoms with Gasteiger partial charge in [-0.15, -0.1) is 0 Å². The number of hydrogen-bond acceptors (Lipinski definition) is 0. The predicted octanol–water partition coefficient (Wildman–Crippen LogP) is 5.73. The molecule has 2 aromatic carbocycles. The molecule has 19 heavy (non-hydrogen) atoms. The summed E-state index contributed by atoms with van der Waals surface area (Å²) in [4.78, 5) is 0. The Labute approximate surface area is 117 Å². The first kappa shape index (κ1) is 14.1. The van der Waals surface area contributed by atoms with E-state index in [-0.39, 0.29) is 0 Å². The van der Waals surface area contributed by atoms with Crippen LogP contribution in [-0.2, 0) is 12.8 Å². The van der Waals surface area contributed by atoms with E-state index in [2.05, 4.69) is 50.2 Å². The van der Waals surface area contributed by atoms with Crippen molar-refractivity contribution in [2.75, 3.05) is 0 Å². The lowest BCUT2D eigenvalue weighted by Gasteiger charge is -2.11. The van der Waals surface area contributed by atoms with Gasteiger partial charge < -0.3 is 0 Å². The van der Waals surface area contributed by atoms with Crippen LogP contribution in [0.3, 0.4) is 0 Å². The van der Waals surface area contributed by atoms with Crippen molar-refractivity contribution >= 4 is 10.8 Å². The number of benzene rings is 2. The summed E-state index contributed by atoms with van der Waals surface area (Å²) in [6.45, 7) is 6.16. The van der Waals surface area contributed by atoms with Crippen molar-refractivity contribution < 1.29 is 0 Å². The number of hydrogen-bond donors (Lipinski definition) is 0. The second-order valence-electron chi connectivity index (χ2n) is 5.34. The molecular weight excluding hydrogens is 228 g/mol. The summed E-state index contributed by atoms with van der Waals surface area (Å²) in [6, 6.07) is 13.6. The largest absolute Gasteiger partial charge is 0.0651 e. The highest BCUT2D eigenvalue weighted by Crippen LogP contribution is 2.25. The molecule has 0 spiro atoms. The Balaban J connectivity index is 2.22. The van der Waals surface area contributed by atoms with Gasteiger partial charge in [0.15, 0.2) is 0 Å². The third-order valence-electron chi connectivity index (χ3n) is 3.82. The highest BCUT2D eigenvalue weighted by Gasteiger charge is 2.05. The molecule has 2 aromatic rings. The minimum Gasteiger partial charge on any atom is -0.0651 e. The van der Waals surface area contributed by atoms with Crippen LogP contribution in [0.4, 0.5) is 0 Å². The molecule has 0 atom stereocenters. The lowest BCUT2D eigenvalue weighted by Crippen LogP contribution is -1.92. The molecule has 0 heterocycles. The Morgan fingerprint density at radius 1 is 0.789 bits per heavy atom. The van der Waals surface area contributed by atoms with Crippen LogP contribution in [0, 0.1) is 6.92 Å². The van der Waals surface area contributed by atoms with E-state index in [1.165, 1.54) is 60.4 Å². The van der Waals surface area contributed by atoms with Crippen LogP contribution in [0.15, 0.2) is 36.4 Å². The van der Waals surface area contributed by atoms with Crippen molar-refractivity contribution in [1.82, 2.24) is 0 Å². The first-order valence-electron chi connectivity index (χ1n) is 7.65. The molecule has 0 aliphatic heterocycles. The van der Waals surface area contributed by atoms with Crippen molar-refractivity contribution in [3.8, 4) is 0 Å². The molecular formula is C19H25. The van der Waals surface area contributed by atoms with Crippen LogP contribution in [0.2, 0.25) is 0 Å². The Morgan fingerprint density at radius 2 is 1.42 bits per heavy atom. The van der Waals surface area contributed by atoms with Gasteiger partial charge in [-0.2, -0.15) is 0 Å². The highest BCUT2D eigenvalue weighted by atomic mass is 14.1. The minimum absolute atomic E-state index is 1.07. The molecule has 0 aliphatic carbocycles. The summed E-state index contributed by atoms with van der Waals surface area (Å²) in [5, 5.41) is 2.92. The van der Waals surface area contributed by atoms with Gasteiger partial charge in [-0.3, -0.25) is 0 Å². The molecule has 0 saturated heterocycles. The van der Waals surface area contributed by atoms with E-state index in [1.54, 1.807) is 0 Å². The topological polar surface area (TPSA) is 0 Å². The third-order valence-corrected chi connectivity index (χ3v) is 3.82. The summed E-state index contributed by atoms with van der Waals surface area (Å²) in [7, 11) is 0. The molecule has 0 nitrogen and oxygen atoms in total. The summed E-state index contributed by atoms with van der Waals surface area (Å²) in [5.74, 6) is 0. The van der Waals surface area contributed by atoms with Crippen molar-refractivity contribution in [3.63, 3.8) is 0 Å². The summed E-state index contributed by atoms with van der Waals surface area (Å²) in [5.41, 5.74) is 3.01. The van der Waals surface area contributed by atoms with Crippen LogP contribution in [-0.4, -0.2) is 0 Å². The fourth-order valence-electron chi connectivity index (χ4n) is 2.80. The molecule has 0 fully saturated rings. The van der Waals surface area contributed by atoms with Gasteiger partial charge in [0.25, 0.3) is 0 Å². The maximum absolute atomic E-state index is 3.91. The molecule has 0 aliphatic rings. The van der Waals surface area contributed by atoms with Crippen LogP contribution in [0.5, 0.6) is 0 Å². The Hall–Kier alpha value is -1.30. The average Bonchev–Trinajstić information content (AvgIpc) is 2.46. The molecule has 0 unspecified atom stereocenters. The Morgan fingerprint density at radius 3 is 2.00 bits per heavy atom. The zero-order chi connectivity index (χ0) is 13.5. The fourth-order valence-corrected chi connectivity index (χ4v) is 2.80. The number of fused-ring (bicyclic) bond motifs is 1. The van der Waals surface area contributed by atoms with E-state index in [9.17, 15) is 0 Å². The van der Waals surface area contributed by atoms with Gasteiger partial charge in [-0.25, -0.2) is 0 Å². The van der Waals surface area contributed by atoms with E-state index in [0.29, 0.717) is 0 Å². The zero-order valence-electron chi connectivity index (χ0n) is 12.1. The Bertz CT molecular complexity index is 510. The second-order valence-corrected chi connectivity index (χ2v) is 5.34. The number of aryl methyl sites for hydroxylation is 2. The van der Waals surface area contributed by atoms with Gasteiger partial charge in [0.1, 0.15) is 0 Å². The third kappa shape index (κ3) is 3.59. The van der Waals surface area contributed by atoms with Crippen molar-refractivity contribution in [3.05, 3.63) is 54.4 Å². The molecule has 101 valence electrons. The van der Waals surface area contributed by atoms with Crippen molar-refractivity contribution in [1.29, 1.82) is 0 Å². The normalized spacial score (nSPS) is 11.1. The highest BCUT2D eigenvalue weighted by molar-refractivity contribution is 5.88. The number of unbranched alkanes of at least 4 members (excludes halogenated alkanes) is 3. The van der Waals surface area contributed by atoms with Crippen molar-refractivity contribution in [2.45, 2.75) is 51.9 Å². The van der Waals surface area contributed by atoms with Crippen LogP contribution >= 0.6 is 0 Å². The first-order valence-corrected chi connectivity index (χ1v) is 7.65.